The van der Waals surface area contributed by atoms with E-state index in [1.54, 1.807) is 7.11 Å². The van der Waals surface area contributed by atoms with Crippen LogP contribution in [0.25, 0.3) is 0 Å². The Hall–Kier alpha value is -1.06. The number of hydrogen-bond donors (Lipinski definition) is 2. The van der Waals surface area contributed by atoms with Gasteiger partial charge in [-0.15, -0.1) is 0 Å². The van der Waals surface area contributed by atoms with E-state index in [0.29, 0.717) is 12.0 Å². The highest BCUT2D eigenvalue weighted by atomic mass is 16.5. The summed E-state index contributed by atoms with van der Waals surface area (Å²) in [4.78, 5) is 0. The summed E-state index contributed by atoms with van der Waals surface area (Å²) in [5.41, 5.74) is 8.69. The predicted molar refractivity (Wildman–Crippen MR) is 75.0 cm³/mol. The van der Waals surface area contributed by atoms with Gasteiger partial charge in [-0.05, 0) is 30.4 Å². The number of ether oxygens (including phenoxy) is 1. The molecule has 0 bridgehead atoms. The van der Waals surface area contributed by atoms with Crippen LogP contribution in [0.3, 0.4) is 0 Å². The van der Waals surface area contributed by atoms with E-state index in [0.717, 1.165) is 17.9 Å². The van der Waals surface area contributed by atoms with Crippen molar-refractivity contribution < 1.29 is 4.74 Å². The second kappa shape index (κ2) is 5.72. The highest BCUT2D eigenvalue weighted by molar-refractivity contribution is 5.40. The number of nitrogens with two attached hydrogens (primary N) is 1. The fraction of sp³-hybridized carbons (Fsp3) is 0.600. The van der Waals surface area contributed by atoms with Gasteiger partial charge in [0.15, 0.2) is 0 Å². The molecule has 1 aromatic rings. The second-order valence-electron chi connectivity index (χ2n) is 5.45. The summed E-state index contributed by atoms with van der Waals surface area (Å²) in [6, 6.07) is 7.02. The average Bonchev–Trinajstić information content (AvgIpc) is 3.19. The van der Waals surface area contributed by atoms with Gasteiger partial charge in [0.2, 0.25) is 0 Å². The molecule has 1 aliphatic carbocycles. The van der Waals surface area contributed by atoms with Crippen molar-refractivity contribution in [3.05, 3.63) is 29.3 Å². The highest BCUT2D eigenvalue weighted by Gasteiger charge is 2.22. The lowest BCUT2D eigenvalue weighted by atomic mass is 9.97. The molecule has 100 valence electrons. The molecule has 0 spiro atoms. The lowest BCUT2D eigenvalue weighted by Crippen LogP contribution is -2.28. The minimum Gasteiger partial charge on any atom is -0.496 e. The van der Waals surface area contributed by atoms with Gasteiger partial charge in [0.25, 0.3) is 0 Å². The number of rotatable bonds is 6. The molecule has 1 aromatic carbocycles. The molecule has 18 heavy (non-hydrogen) atoms. The maximum atomic E-state index is 6.27. The van der Waals surface area contributed by atoms with E-state index in [1.807, 2.05) is 6.07 Å². The zero-order valence-corrected chi connectivity index (χ0v) is 11.6. The summed E-state index contributed by atoms with van der Waals surface area (Å²) in [5.74, 6) is 1.41. The van der Waals surface area contributed by atoms with Crippen LogP contribution in [0.1, 0.15) is 49.8 Å². The quantitative estimate of drug-likeness (QED) is 0.813. The summed E-state index contributed by atoms with van der Waals surface area (Å²) in [7, 11) is 1.70. The number of methoxy groups -OCH3 is 1. The minimum atomic E-state index is -0.000694. The minimum absolute atomic E-state index is 0.000694. The van der Waals surface area contributed by atoms with Crippen molar-refractivity contribution in [3.8, 4) is 5.75 Å². The average molecular weight is 248 g/mol. The molecule has 0 aromatic heterocycles. The molecule has 0 amide bonds. The molecule has 1 atom stereocenters. The molecule has 3 N–H and O–H groups in total. The first-order valence-electron chi connectivity index (χ1n) is 6.78. The van der Waals surface area contributed by atoms with Gasteiger partial charge in [-0.25, -0.2) is 0 Å². The van der Waals surface area contributed by atoms with E-state index in [2.05, 4.69) is 31.3 Å². The summed E-state index contributed by atoms with van der Waals surface area (Å²) in [6.45, 7) is 5.21. The second-order valence-corrected chi connectivity index (χ2v) is 5.45. The summed E-state index contributed by atoms with van der Waals surface area (Å²) in [5, 5.41) is 3.47. The monoisotopic (exact) mass is 248 g/mol. The Kier molecular flexibility index (Phi) is 4.25. The molecule has 1 unspecified atom stereocenters. The Bertz CT molecular complexity index is 399. The SMILES string of the molecule is COc1ccc(C(C)C)cc1C(N)CNC1CC1. The van der Waals surface area contributed by atoms with Crippen molar-refractivity contribution in [1.29, 1.82) is 0 Å². The zero-order valence-electron chi connectivity index (χ0n) is 11.6. The highest BCUT2D eigenvalue weighted by Crippen LogP contribution is 2.28. The van der Waals surface area contributed by atoms with Crippen molar-refractivity contribution in [2.75, 3.05) is 13.7 Å². The van der Waals surface area contributed by atoms with Crippen molar-refractivity contribution in [1.82, 2.24) is 5.32 Å². The van der Waals surface area contributed by atoms with E-state index in [4.69, 9.17) is 10.5 Å². The maximum Gasteiger partial charge on any atom is 0.123 e. The van der Waals surface area contributed by atoms with Crippen molar-refractivity contribution in [2.45, 2.75) is 44.7 Å². The number of hydrogen-bond acceptors (Lipinski definition) is 3. The lowest BCUT2D eigenvalue weighted by Gasteiger charge is -2.18. The molecule has 0 radical (unpaired) electrons. The van der Waals surface area contributed by atoms with Gasteiger partial charge in [0.05, 0.1) is 7.11 Å². The molecular formula is C15H24N2O. The molecule has 1 fully saturated rings. The van der Waals surface area contributed by atoms with E-state index in [-0.39, 0.29) is 6.04 Å². The Balaban J connectivity index is 2.13. The molecule has 1 aliphatic rings. The van der Waals surface area contributed by atoms with Crippen LogP contribution in [-0.4, -0.2) is 19.7 Å². The van der Waals surface area contributed by atoms with Crippen molar-refractivity contribution in [2.24, 2.45) is 5.73 Å². The Morgan fingerprint density at radius 3 is 2.67 bits per heavy atom. The van der Waals surface area contributed by atoms with Gasteiger partial charge in [-0.3, -0.25) is 0 Å². The normalized spacial score (nSPS) is 16.9. The third-order valence-electron chi connectivity index (χ3n) is 3.52. The third kappa shape index (κ3) is 3.24. The maximum absolute atomic E-state index is 6.27. The molecular weight excluding hydrogens is 224 g/mol. The van der Waals surface area contributed by atoms with Crippen LogP contribution < -0.4 is 15.8 Å². The van der Waals surface area contributed by atoms with Crippen LogP contribution in [0.5, 0.6) is 5.75 Å². The van der Waals surface area contributed by atoms with Crippen LogP contribution in [0.15, 0.2) is 18.2 Å². The molecule has 0 saturated heterocycles. The molecule has 3 heteroatoms. The van der Waals surface area contributed by atoms with Crippen LogP contribution in [-0.2, 0) is 0 Å². The summed E-state index contributed by atoms with van der Waals surface area (Å²) < 4.78 is 5.42. The van der Waals surface area contributed by atoms with E-state index in [1.165, 1.54) is 18.4 Å². The zero-order chi connectivity index (χ0) is 13.1. The summed E-state index contributed by atoms with van der Waals surface area (Å²) in [6.07, 6.45) is 2.58. The van der Waals surface area contributed by atoms with E-state index < -0.39 is 0 Å². The van der Waals surface area contributed by atoms with Crippen LogP contribution in [0.4, 0.5) is 0 Å². The number of benzene rings is 1. The van der Waals surface area contributed by atoms with Crippen LogP contribution >= 0.6 is 0 Å². The van der Waals surface area contributed by atoms with Gasteiger partial charge in [-0.2, -0.15) is 0 Å². The number of nitrogens with one attached hydrogen (secondary N) is 1. The Morgan fingerprint density at radius 2 is 2.11 bits per heavy atom. The molecule has 0 aliphatic heterocycles. The fourth-order valence-corrected chi connectivity index (χ4v) is 2.09. The van der Waals surface area contributed by atoms with Gasteiger partial charge in [0.1, 0.15) is 5.75 Å². The first-order chi connectivity index (χ1) is 8.61. The fourth-order valence-electron chi connectivity index (χ4n) is 2.09. The third-order valence-corrected chi connectivity index (χ3v) is 3.52. The first-order valence-corrected chi connectivity index (χ1v) is 6.78. The van der Waals surface area contributed by atoms with Crippen molar-refractivity contribution in [3.63, 3.8) is 0 Å². The Labute approximate surface area is 110 Å². The molecule has 3 nitrogen and oxygen atoms in total. The topological polar surface area (TPSA) is 47.3 Å². The molecule has 2 rings (SSSR count). The van der Waals surface area contributed by atoms with Gasteiger partial charge >= 0.3 is 0 Å². The largest absolute Gasteiger partial charge is 0.496 e. The van der Waals surface area contributed by atoms with E-state index >= 15 is 0 Å². The van der Waals surface area contributed by atoms with Gasteiger partial charge in [0, 0.05) is 24.2 Å². The smallest absolute Gasteiger partial charge is 0.123 e. The van der Waals surface area contributed by atoms with Crippen LogP contribution in [0, 0.1) is 0 Å². The van der Waals surface area contributed by atoms with Crippen molar-refractivity contribution >= 4 is 0 Å². The summed E-state index contributed by atoms with van der Waals surface area (Å²) >= 11 is 0. The molecule has 1 saturated carbocycles. The lowest BCUT2D eigenvalue weighted by molar-refractivity contribution is 0.404. The first kappa shape index (κ1) is 13.4. The van der Waals surface area contributed by atoms with E-state index in [9.17, 15) is 0 Å². The van der Waals surface area contributed by atoms with Crippen LogP contribution in [0.2, 0.25) is 0 Å². The standard InChI is InChI=1S/C15H24N2O/c1-10(2)11-4-7-15(18-3)13(8-11)14(16)9-17-12-5-6-12/h4,7-8,10,12,14,17H,5-6,9,16H2,1-3H3. The van der Waals surface area contributed by atoms with Gasteiger partial charge in [-0.1, -0.05) is 26.0 Å². The predicted octanol–water partition coefficient (Wildman–Crippen LogP) is 2.57. The Morgan fingerprint density at radius 1 is 1.39 bits per heavy atom. The molecule has 0 heterocycles. The van der Waals surface area contributed by atoms with Gasteiger partial charge < -0.3 is 15.8 Å².